The predicted octanol–water partition coefficient (Wildman–Crippen LogP) is 0.978. The highest BCUT2D eigenvalue weighted by atomic mass is 15.4. The van der Waals surface area contributed by atoms with Crippen LogP contribution in [0.1, 0.15) is 38.1 Å². The fourth-order valence-corrected chi connectivity index (χ4v) is 2.60. The smallest absolute Gasteiger partial charge is 0.221 e. The van der Waals surface area contributed by atoms with Crippen LogP contribution >= 0.6 is 0 Å². The molecule has 88 valence electrons. The average Bonchev–Trinajstić information content (AvgIpc) is 2.73. The van der Waals surface area contributed by atoms with E-state index in [0.717, 1.165) is 31.4 Å². The van der Waals surface area contributed by atoms with Gasteiger partial charge in [0.15, 0.2) is 5.82 Å². The summed E-state index contributed by atoms with van der Waals surface area (Å²) in [5.41, 5.74) is 0. The Balaban J connectivity index is 1.94. The van der Waals surface area contributed by atoms with E-state index >= 15 is 0 Å². The second-order valence-corrected chi connectivity index (χ2v) is 5.09. The highest BCUT2D eigenvalue weighted by Crippen LogP contribution is 2.31. The number of nitrogens with zero attached hydrogens (tertiary/aromatic N) is 3. The Kier molecular flexibility index (Phi) is 2.35. The van der Waals surface area contributed by atoms with Gasteiger partial charge in [0.05, 0.1) is 6.04 Å². The molecule has 2 aliphatic rings. The van der Waals surface area contributed by atoms with E-state index in [9.17, 15) is 0 Å². The molecule has 0 saturated carbocycles. The molecule has 2 unspecified atom stereocenters. The zero-order valence-electron chi connectivity index (χ0n) is 9.90. The number of rotatable bonds is 1. The molecule has 3 heterocycles. The lowest BCUT2D eigenvalue weighted by atomic mass is 9.92. The summed E-state index contributed by atoms with van der Waals surface area (Å²) in [6, 6.07) is 0.539. The van der Waals surface area contributed by atoms with Crippen LogP contribution in [-0.2, 0) is 0 Å². The summed E-state index contributed by atoms with van der Waals surface area (Å²) >= 11 is 0. The molecule has 0 aliphatic carbocycles. The summed E-state index contributed by atoms with van der Waals surface area (Å²) in [5.74, 6) is 2.98. The number of anilines is 1. The van der Waals surface area contributed by atoms with E-state index in [4.69, 9.17) is 0 Å². The topological polar surface area (TPSA) is 54.8 Å². The van der Waals surface area contributed by atoms with Crippen LogP contribution in [0.4, 0.5) is 5.95 Å². The molecule has 1 fully saturated rings. The minimum Gasteiger partial charge on any atom is -0.354 e. The lowest BCUT2D eigenvalue weighted by Crippen LogP contribution is -2.44. The first-order valence-corrected chi connectivity index (χ1v) is 6.16. The molecule has 1 aromatic rings. The first-order chi connectivity index (χ1) is 7.75. The van der Waals surface area contributed by atoms with Crippen molar-refractivity contribution >= 4 is 5.95 Å². The minimum absolute atomic E-state index is 0.403. The van der Waals surface area contributed by atoms with Crippen LogP contribution in [0.5, 0.6) is 0 Å². The van der Waals surface area contributed by atoms with E-state index in [0.29, 0.717) is 17.9 Å². The van der Waals surface area contributed by atoms with Gasteiger partial charge < -0.3 is 10.6 Å². The van der Waals surface area contributed by atoms with Crippen LogP contribution in [0.25, 0.3) is 0 Å². The number of piperidine rings is 1. The standard InChI is InChI=1S/C11H19N5/c1-7(2)10-14-11-13-6-8-5-12-4-3-9(8)16(11)15-10/h7-9,12H,3-6H2,1-2H3,(H,13,14,15). The molecular weight excluding hydrogens is 202 g/mol. The second-order valence-electron chi connectivity index (χ2n) is 5.09. The largest absolute Gasteiger partial charge is 0.354 e. The predicted molar refractivity (Wildman–Crippen MR) is 62.6 cm³/mol. The molecular formula is C11H19N5. The van der Waals surface area contributed by atoms with Gasteiger partial charge in [-0.2, -0.15) is 10.1 Å². The van der Waals surface area contributed by atoms with Crippen LogP contribution in [0, 0.1) is 5.92 Å². The molecule has 1 aromatic heterocycles. The number of hydrogen-bond acceptors (Lipinski definition) is 4. The molecule has 0 radical (unpaired) electrons. The van der Waals surface area contributed by atoms with Crippen LogP contribution in [0.3, 0.4) is 0 Å². The van der Waals surface area contributed by atoms with Crippen molar-refractivity contribution in [2.45, 2.75) is 32.2 Å². The Hall–Kier alpha value is -1.10. The Morgan fingerprint density at radius 1 is 1.38 bits per heavy atom. The third-order valence-electron chi connectivity index (χ3n) is 3.57. The van der Waals surface area contributed by atoms with Gasteiger partial charge in [0.25, 0.3) is 0 Å². The third kappa shape index (κ3) is 1.50. The third-order valence-corrected chi connectivity index (χ3v) is 3.57. The van der Waals surface area contributed by atoms with Crippen LogP contribution < -0.4 is 10.6 Å². The fourth-order valence-electron chi connectivity index (χ4n) is 2.60. The Morgan fingerprint density at radius 2 is 2.25 bits per heavy atom. The molecule has 0 spiro atoms. The van der Waals surface area contributed by atoms with Gasteiger partial charge in [0.1, 0.15) is 0 Å². The summed E-state index contributed by atoms with van der Waals surface area (Å²) in [6.07, 6.45) is 1.17. The number of aromatic nitrogens is 3. The molecule has 0 bridgehead atoms. The molecule has 2 atom stereocenters. The van der Waals surface area contributed by atoms with Crippen LogP contribution in [-0.4, -0.2) is 34.4 Å². The SMILES string of the molecule is CC(C)c1nc2n(n1)C1CCNCC1CN2. The van der Waals surface area contributed by atoms with E-state index in [2.05, 4.69) is 39.2 Å². The van der Waals surface area contributed by atoms with Gasteiger partial charge in [0.2, 0.25) is 5.95 Å². The molecule has 2 N–H and O–H groups in total. The van der Waals surface area contributed by atoms with Crippen LogP contribution in [0.2, 0.25) is 0 Å². The number of hydrogen-bond donors (Lipinski definition) is 2. The Labute approximate surface area is 95.6 Å². The van der Waals surface area contributed by atoms with Crippen molar-refractivity contribution in [3.05, 3.63) is 5.82 Å². The van der Waals surface area contributed by atoms with Crippen molar-refractivity contribution in [3.8, 4) is 0 Å². The van der Waals surface area contributed by atoms with Gasteiger partial charge >= 0.3 is 0 Å². The van der Waals surface area contributed by atoms with Crippen molar-refractivity contribution in [2.24, 2.45) is 5.92 Å². The van der Waals surface area contributed by atoms with Gasteiger partial charge in [0, 0.05) is 24.9 Å². The van der Waals surface area contributed by atoms with E-state index < -0.39 is 0 Å². The zero-order valence-corrected chi connectivity index (χ0v) is 9.90. The summed E-state index contributed by atoms with van der Waals surface area (Å²) in [5, 5.41) is 11.5. The highest BCUT2D eigenvalue weighted by Gasteiger charge is 2.33. The lowest BCUT2D eigenvalue weighted by Gasteiger charge is -2.36. The average molecular weight is 221 g/mol. The minimum atomic E-state index is 0.403. The van der Waals surface area contributed by atoms with Gasteiger partial charge in [-0.05, 0) is 13.0 Å². The van der Waals surface area contributed by atoms with Crippen molar-refractivity contribution in [3.63, 3.8) is 0 Å². The summed E-state index contributed by atoms with van der Waals surface area (Å²) in [6.45, 7) is 7.49. The molecule has 2 aliphatic heterocycles. The number of nitrogens with one attached hydrogen (secondary N) is 2. The van der Waals surface area contributed by atoms with Crippen molar-refractivity contribution in [2.75, 3.05) is 25.0 Å². The fraction of sp³-hybridized carbons (Fsp3) is 0.818. The van der Waals surface area contributed by atoms with Gasteiger partial charge in [-0.25, -0.2) is 4.68 Å². The molecule has 16 heavy (non-hydrogen) atoms. The summed E-state index contributed by atoms with van der Waals surface area (Å²) < 4.78 is 2.12. The summed E-state index contributed by atoms with van der Waals surface area (Å²) in [4.78, 5) is 4.56. The molecule has 0 amide bonds. The quantitative estimate of drug-likeness (QED) is 0.742. The molecule has 3 rings (SSSR count). The monoisotopic (exact) mass is 221 g/mol. The maximum Gasteiger partial charge on any atom is 0.221 e. The lowest BCUT2D eigenvalue weighted by molar-refractivity contribution is 0.236. The van der Waals surface area contributed by atoms with Crippen molar-refractivity contribution < 1.29 is 0 Å². The van der Waals surface area contributed by atoms with E-state index in [1.807, 2.05) is 0 Å². The van der Waals surface area contributed by atoms with E-state index in [-0.39, 0.29) is 0 Å². The second kappa shape index (κ2) is 3.73. The van der Waals surface area contributed by atoms with Crippen molar-refractivity contribution in [1.82, 2.24) is 20.1 Å². The zero-order chi connectivity index (χ0) is 11.1. The van der Waals surface area contributed by atoms with Gasteiger partial charge in [-0.15, -0.1) is 0 Å². The first-order valence-electron chi connectivity index (χ1n) is 6.16. The molecule has 5 heteroatoms. The number of fused-ring (bicyclic) bond motifs is 3. The van der Waals surface area contributed by atoms with E-state index in [1.54, 1.807) is 0 Å². The van der Waals surface area contributed by atoms with Crippen molar-refractivity contribution in [1.29, 1.82) is 0 Å². The van der Waals surface area contributed by atoms with Gasteiger partial charge in [-0.3, -0.25) is 0 Å². The Morgan fingerprint density at radius 3 is 3.06 bits per heavy atom. The highest BCUT2D eigenvalue weighted by molar-refractivity contribution is 5.30. The Bertz CT molecular complexity index is 384. The normalized spacial score (nSPS) is 28.4. The van der Waals surface area contributed by atoms with Crippen LogP contribution in [0.15, 0.2) is 0 Å². The van der Waals surface area contributed by atoms with Gasteiger partial charge in [-0.1, -0.05) is 13.8 Å². The maximum atomic E-state index is 4.65. The molecule has 5 nitrogen and oxygen atoms in total. The molecule has 1 saturated heterocycles. The maximum absolute atomic E-state index is 4.65. The van der Waals surface area contributed by atoms with E-state index in [1.165, 1.54) is 6.42 Å². The first kappa shape index (κ1) is 10.1. The summed E-state index contributed by atoms with van der Waals surface area (Å²) in [7, 11) is 0. The molecule has 0 aromatic carbocycles.